The molecule has 0 aliphatic carbocycles. The van der Waals surface area contributed by atoms with Gasteiger partial charge in [0, 0.05) is 5.39 Å². The van der Waals surface area contributed by atoms with Crippen molar-refractivity contribution in [2.24, 2.45) is 0 Å². The van der Waals surface area contributed by atoms with Crippen molar-refractivity contribution in [2.75, 3.05) is 13.9 Å². The van der Waals surface area contributed by atoms with Gasteiger partial charge in [-0.1, -0.05) is 0 Å². The van der Waals surface area contributed by atoms with E-state index in [0.29, 0.717) is 5.75 Å². The molecular formula is C14H10F3NO4. The summed E-state index contributed by atoms with van der Waals surface area (Å²) in [6, 6.07) is 2.64. The molecule has 0 saturated carbocycles. The Morgan fingerprint density at radius 3 is 2.36 bits per heavy atom. The lowest BCUT2D eigenvalue weighted by Gasteiger charge is -2.14. The summed E-state index contributed by atoms with van der Waals surface area (Å²) in [6.07, 6.45) is -4.72. The second kappa shape index (κ2) is 4.75. The van der Waals surface area contributed by atoms with E-state index in [4.69, 9.17) is 9.47 Å². The van der Waals surface area contributed by atoms with E-state index < -0.39 is 17.8 Å². The summed E-state index contributed by atoms with van der Waals surface area (Å²) in [5.74, 6) is -0.390. The summed E-state index contributed by atoms with van der Waals surface area (Å²) >= 11 is 0. The highest BCUT2D eigenvalue weighted by Gasteiger charge is 2.37. The summed E-state index contributed by atoms with van der Waals surface area (Å²) in [4.78, 5) is 15.2. The zero-order valence-corrected chi connectivity index (χ0v) is 11.6. The fourth-order valence-corrected chi connectivity index (χ4v) is 2.34. The first-order valence-corrected chi connectivity index (χ1v) is 6.22. The number of hydrogen-bond acceptors (Lipinski definition) is 5. The Hall–Kier alpha value is -2.51. The average molecular weight is 313 g/mol. The first-order chi connectivity index (χ1) is 10.3. The molecule has 1 aliphatic rings. The Bertz CT molecular complexity index is 786. The van der Waals surface area contributed by atoms with Crippen LogP contribution in [0.15, 0.2) is 12.1 Å². The van der Waals surface area contributed by atoms with Gasteiger partial charge in [0.15, 0.2) is 22.9 Å². The van der Waals surface area contributed by atoms with Crippen LogP contribution in [0.1, 0.15) is 21.7 Å². The number of nitrogens with zero attached hydrogens (tertiary/aromatic N) is 1. The first-order valence-electron chi connectivity index (χ1n) is 6.22. The van der Waals surface area contributed by atoms with Crippen LogP contribution in [0.2, 0.25) is 0 Å². The van der Waals surface area contributed by atoms with Crippen molar-refractivity contribution in [1.82, 2.24) is 4.98 Å². The Morgan fingerprint density at radius 1 is 1.23 bits per heavy atom. The fourth-order valence-electron chi connectivity index (χ4n) is 2.34. The highest BCUT2D eigenvalue weighted by atomic mass is 19.4. The lowest BCUT2D eigenvalue weighted by molar-refractivity contribution is -0.139. The van der Waals surface area contributed by atoms with E-state index in [-0.39, 0.29) is 34.6 Å². The molecule has 0 fully saturated rings. The Labute approximate surface area is 122 Å². The molecule has 0 spiro atoms. The van der Waals surface area contributed by atoms with Gasteiger partial charge in [0.1, 0.15) is 0 Å². The van der Waals surface area contributed by atoms with E-state index in [1.54, 1.807) is 0 Å². The van der Waals surface area contributed by atoms with E-state index in [2.05, 4.69) is 9.72 Å². The maximum absolute atomic E-state index is 13.3. The molecule has 0 atom stereocenters. The van der Waals surface area contributed by atoms with Crippen LogP contribution in [-0.4, -0.2) is 24.9 Å². The Balaban J connectivity index is 2.40. The number of fused-ring (bicyclic) bond motifs is 2. The molecule has 0 N–H and O–H groups in total. The maximum atomic E-state index is 13.3. The number of aryl methyl sites for hydroxylation is 1. The topological polar surface area (TPSA) is 57.7 Å². The second-order valence-corrected chi connectivity index (χ2v) is 4.67. The molecule has 22 heavy (non-hydrogen) atoms. The predicted molar refractivity (Wildman–Crippen MR) is 68.9 cm³/mol. The average Bonchev–Trinajstić information content (AvgIpc) is 2.91. The van der Waals surface area contributed by atoms with Gasteiger partial charge in [0.05, 0.1) is 7.11 Å². The number of esters is 1. The molecule has 116 valence electrons. The largest absolute Gasteiger partial charge is 0.464 e. The molecule has 1 aromatic carbocycles. The standard InChI is InChI=1S/C14H10F3NO4/c1-6-7-3-9-10(22-5-21-9)4-8(7)12(14(15,16)17)18-11(6)13(19)20-2/h3-4H,5H2,1-2H3. The molecule has 8 heteroatoms. The van der Waals surface area contributed by atoms with Gasteiger partial charge in [-0.3, -0.25) is 0 Å². The third-order valence-corrected chi connectivity index (χ3v) is 3.40. The monoisotopic (exact) mass is 313 g/mol. The third kappa shape index (κ3) is 2.11. The smallest absolute Gasteiger partial charge is 0.433 e. The van der Waals surface area contributed by atoms with E-state index >= 15 is 0 Å². The van der Waals surface area contributed by atoms with Gasteiger partial charge in [-0.05, 0) is 30.0 Å². The lowest BCUT2D eigenvalue weighted by Crippen LogP contribution is -2.15. The fraction of sp³-hybridized carbons (Fsp3) is 0.286. The second-order valence-electron chi connectivity index (χ2n) is 4.67. The number of pyridine rings is 1. The van der Waals surface area contributed by atoms with Crippen molar-refractivity contribution in [3.63, 3.8) is 0 Å². The summed E-state index contributed by atoms with van der Waals surface area (Å²) < 4.78 is 54.6. The molecule has 0 radical (unpaired) electrons. The van der Waals surface area contributed by atoms with Crippen LogP contribution in [0.4, 0.5) is 13.2 Å². The minimum Gasteiger partial charge on any atom is -0.464 e. The van der Waals surface area contributed by atoms with Gasteiger partial charge >= 0.3 is 12.1 Å². The van der Waals surface area contributed by atoms with Gasteiger partial charge in [0.2, 0.25) is 6.79 Å². The molecule has 1 aliphatic heterocycles. The maximum Gasteiger partial charge on any atom is 0.433 e. The van der Waals surface area contributed by atoms with Crippen LogP contribution in [0.5, 0.6) is 11.5 Å². The van der Waals surface area contributed by atoms with Gasteiger partial charge in [-0.25, -0.2) is 9.78 Å². The number of rotatable bonds is 1. The van der Waals surface area contributed by atoms with Crippen molar-refractivity contribution < 1.29 is 32.2 Å². The van der Waals surface area contributed by atoms with Crippen molar-refractivity contribution in [1.29, 1.82) is 0 Å². The summed E-state index contributed by atoms with van der Waals surface area (Å²) in [6.45, 7) is 1.44. The number of benzene rings is 1. The highest BCUT2D eigenvalue weighted by Crippen LogP contribution is 2.42. The van der Waals surface area contributed by atoms with Gasteiger partial charge in [0.25, 0.3) is 0 Å². The quantitative estimate of drug-likeness (QED) is 0.757. The number of halogens is 3. The molecule has 2 aromatic rings. The number of hydrogen-bond donors (Lipinski definition) is 0. The van der Waals surface area contributed by atoms with E-state index in [1.165, 1.54) is 19.1 Å². The number of alkyl halides is 3. The Kier molecular flexibility index (Phi) is 3.12. The molecular weight excluding hydrogens is 303 g/mol. The van der Waals surface area contributed by atoms with Crippen LogP contribution in [-0.2, 0) is 10.9 Å². The third-order valence-electron chi connectivity index (χ3n) is 3.40. The minimum atomic E-state index is -4.72. The number of carbonyl (C=O) groups excluding carboxylic acids is 1. The van der Waals surface area contributed by atoms with Crippen LogP contribution in [0.3, 0.4) is 0 Å². The Morgan fingerprint density at radius 2 is 1.82 bits per heavy atom. The molecule has 2 heterocycles. The lowest BCUT2D eigenvalue weighted by atomic mass is 10.0. The molecule has 3 rings (SSSR count). The first kappa shape index (κ1) is 14.4. The summed E-state index contributed by atoms with van der Waals surface area (Å²) in [5.41, 5.74) is -1.25. The van der Waals surface area contributed by atoms with Gasteiger partial charge < -0.3 is 14.2 Å². The van der Waals surface area contributed by atoms with E-state index in [1.807, 2.05) is 0 Å². The normalized spacial score (nSPS) is 13.5. The molecule has 5 nitrogen and oxygen atoms in total. The van der Waals surface area contributed by atoms with E-state index in [9.17, 15) is 18.0 Å². The molecule has 0 amide bonds. The molecule has 1 aromatic heterocycles. The van der Waals surface area contributed by atoms with Crippen molar-refractivity contribution in [2.45, 2.75) is 13.1 Å². The van der Waals surface area contributed by atoms with Crippen LogP contribution in [0, 0.1) is 6.92 Å². The molecule has 0 bridgehead atoms. The van der Waals surface area contributed by atoms with Crippen LogP contribution in [0.25, 0.3) is 10.8 Å². The molecule has 0 unspecified atom stereocenters. The number of carbonyl (C=O) groups is 1. The summed E-state index contributed by atoms with van der Waals surface area (Å²) in [5, 5.41) is 0.0638. The summed E-state index contributed by atoms with van der Waals surface area (Å²) in [7, 11) is 1.08. The SMILES string of the molecule is COC(=O)c1nc(C(F)(F)F)c2cc3c(cc2c1C)OCO3. The van der Waals surface area contributed by atoms with Crippen molar-refractivity contribution >= 4 is 16.7 Å². The molecule has 0 saturated heterocycles. The van der Waals surface area contributed by atoms with Gasteiger partial charge in [-0.2, -0.15) is 13.2 Å². The van der Waals surface area contributed by atoms with Crippen molar-refractivity contribution in [3.8, 4) is 11.5 Å². The minimum absolute atomic E-state index is 0.0661. The van der Waals surface area contributed by atoms with Crippen LogP contribution >= 0.6 is 0 Å². The number of aromatic nitrogens is 1. The number of methoxy groups -OCH3 is 1. The van der Waals surface area contributed by atoms with Crippen molar-refractivity contribution in [3.05, 3.63) is 29.1 Å². The highest BCUT2D eigenvalue weighted by molar-refractivity contribution is 5.99. The van der Waals surface area contributed by atoms with Crippen LogP contribution < -0.4 is 9.47 Å². The predicted octanol–water partition coefficient (Wildman–Crippen LogP) is 3.08. The zero-order chi connectivity index (χ0) is 16.1. The van der Waals surface area contributed by atoms with Gasteiger partial charge in [-0.15, -0.1) is 0 Å². The zero-order valence-electron chi connectivity index (χ0n) is 11.6. The number of ether oxygens (including phenoxy) is 3. The van der Waals surface area contributed by atoms with E-state index in [0.717, 1.165) is 7.11 Å².